The molecule has 8 heteroatoms. The molecule has 0 spiro atoms. The van der Waals surface area contributed by atoms with Gasteiger partial charge in [-0.2, -0.15) is 8.78 Å². The first-order valence-electron chi connectivity index (χ1n) is 9.24. The minimum atomic E-state index is -2.23. The Morgan fingerprint density at radius 1 is 0.933 bits per heavy atom. The Balaban J connectivity index is 0.00000841. The van der Waals surface area contributed by atoms with Gasteiger partial charge in [0.25, 0.3) is 0 Å². The second-order valence-corrected chi connectivity index (χ2v) is 7.05. The first kappa shape index (κ1) is 28.3. The molecular weight excluding hydrogens is 408 g/mol. The molecule has 0 aliphatic carbocycles. The Hall–Kier alpha value is -1.70. The second kappa shape index (κ2) is 13.6. The topological polar surface area (TPSA) is 69.6 Å². The number of halogens is 3. The van der Waals surface area contributed by atoms with Crippen LogP contribution in [-0.4, -0.2) is 17.7 Å². The average molecular weight is 434 g/mol. The number of allylic oxidation sites excluding steroid dienone is 5. The third kappa shape index (κ3) is 8.58. The SMILES string of the molecule is CC(C)=CCC/C(C)=C/CC/C(C)=C/COc1c(F)c(O)c(C(=O)[O-])c(F)c1F.[Na+]. The van der Waals surface area contributed by atoms with E-state index in [4.69, 9.17) is 4.74 Å². The summed E-state index contributed by atoms with van der Waals surface area (Å²) in [5.41, 5.74) is 1.88. The fraction of sp³-hybridized carbons (Fsp3) is 0.409. The van der Waals surface area contributed by atoms with Gasteiger partial charge in [-0.25, -0.2) is 4.39 Å². The number of rotatable bonds is 10. The third-order valence-electron chi connectivity index (χ3n) is 4.24. The zero-order chi connectivity index (χ0) is 22.1. The fourth-order valence-corrected chi connectivity index (χ4v) is 2.55. The van der Waals surface area contributed by atoms with Gasteiger partial charge in [-0.05, 0) is 59.5 Å². The summed E-state index contributed by atoms with van der Waals surface area (Å²) in [5, 5.41) is 20.1. The summed E-state index contributed by atoms with van der Waals surface area (Å²) in [4.78, 5) is 10.7. The van der Waals surface area contributed by atoms with Crippen LogP contribution in [0.4, 0.5) is 13.2 Å². The van der Waals surface area contributed by atoms with Gasteiger partial charge in [-0.1, -0.05) is 28.9 Å². The molecule has 0 aromatic heterocycles. The van der Waals surface area contributed by atoms with Crippen LogP contribution >= 0.6 is 0 Å². The number of ether oxygens (including phenoxy) is 1. The van der Waals surface area contributed by atoms with Gasteiger partial charge in [-0.15, -0.1) is 0 Å². The molecule has 0 heterocycles. The van der Waals surface area contributed by atoms with Crippen LogP contribution in [0.3, 0.4) is 0 Å². The molecule has 1 N–H and O–H groups in total. The standard InChI is InChI=1S/C22H27F3O4.Na/c1-13(2)7-5-8-14(3)9-6-10-15(4)11-12-29-21-18(24)17(23)16(22(27)28)20(26)19(21)25;/h7,9,11,26H,5-6,8,10,12H2,1-4H3,(H,27,28);/q;+1/p-1/b14-9+,15-11+;. The summed E-state index contributed by atoms with van der Waals surface area (Å²) >= 11 is 0. The number of carbonyl (C=O) groups is 1. The van der Waals surface area contributed by atoms with Gasteiger partial charge in [0.1, 0.15) is 6.61 Å². The van der Waals surface area contributed by atoms with Gasteiger partial charge in [0.05, 0.1) is 11.5 Å². The molecule has 0 saturated carbocycles. The number of phenols is 1. The summed E-state index contributed by atoms with van der Waals surface area (Å²) in [6.45, 7) is 7.72. The molecule has 1 aromatic carbocycles. The maximum atomic E-state index is 13.9. The molecule has 1 aromatic rings. The predicted molar refractivity (Wildman–Crippen MR) is 103 cm³/mol. The normalized spacial score (nSPS) is 11.7. The van der Waals surface area contributed by atoms with Crippen molar-refractivity contribution in [3.63, 3.8) is 0 Å². The first-order chi connectivity index (χ1) is 13.6. The van der Waals surface area contributed by atoms with Crippen molar-refractivity contribution in [3.05, 3.63) is 58.0 Å². The van der Waals surface area contributed by atoms with E-state index in [2.05, 4.69) is 32.9 Å². The number of hydrogen-bond donors (Lipinski definition) is 1. The molecule has 0 amide bonds. The molecule has 160 valence electrons. The Morgan fingerprint density at radius 2 is 1.47 bits per heavy atom. The molecule has 0 aliphatic heterocycles. The van der Waals surface area contributed by atoms with Gasteiger partial charge >= 0.3 is 29.6 Å². The minimum absolute atomic E-state index is 0. The Morgan fingerprint density at radius 3 is 2.00 bits per heavy atom. The summed E-state index contributed by atoms with van der Waals surface area (Å²) in [5.74, 6) is -10.4. The molecule has 30 heavy (non-hydrogen) atoms. The van der Waals surface area contributed by atoms with Crippen molar-refractivity contribution in [3.8, 4) is 11.5 Å². The number of hydrogen-bond acceptors (Lipinski definition) is 4. The van der Waals surface area contributed by atoms with Gasteiger partial charge < -0.3 is 19.7 Å². The molecule has 1 rings (SSSR count). The minimum Gasteiger partial charge on any atom is -0.545 e. The molecule has 0 fully saturated rings. The molecule has 0 saturated heterocycles. The Bertz CT molecular complexity index is 812. The molecular formula is C22H26F3NaO4. The molecule has 0 radical (unpaired) electrons. The van der Waals surface area contributed by atoms with Crippen LogP contribution < -0.4 is 39.4 Å². The number of carboxylic acids is 1. The number of aromatic hydroxyl groups is 1. The zero-order valence-corrected chi connectivity index (χ0v) is 20.1. The first-order valence-corrected chi connectivity index (χ1v) is 9.24. The molecule has 0 bridgehead atoms. The van der Waals surface area contributed by atoms with Crippen molar-refractivity contribution >= 4 is 5.97 Å². The molecule has 0 aliphatic rings. The largest absolute Gasteiger partial charge is 1.00 e. The van der Waals surface area contributed by atoms with Gasteiger partial charge in [-0.3, -0.25) is 0 Å². The zero-order valence-electron chi connectivity index (χ0n) is 18.1. The van der Waals surface area contributed by atoms with Crippen molar-refractivity contribution in [1.82, 2.24) is 0 Å². The van der Waals surface area contributed by atoms with Gasteiger partial charge in [0.15, 0.2) is 17.3 Å². The van der Waals surface area contributed by atoms with Crippen molar-refractivity contribution in [1.29, 1.82) is 0 Å². The van der Waals surface area contributed by atoms with E-state index in [0.29, 0.717) is 6.42 Å². The van der Waals surface area contributed by atoms with Crippen LogP contribution in [0.15, 0.2) is 34.9 Å². The maximum absolute atomic E-state index is 13.9. The van der Waals surface area contributed by atoms with Crippen molar-refractivity contribution < 1.29 is 62.5 Å². The van der Waals surface area contributed by atoms with Crippen LogP contribution in [0.1, 0.15) is 63.7 Å². The van der Waals surface area contributed by atoms with Gasteiger partial charge in [0, 0.05) is 0 Å². The third-order valence-corrected chi connectivity index (χ3v) is 4.24. The van der Waals surface area contributed by atoms with E-state index in [1.54, 1.807) is 6.08 Å². The quantitative estimate of drug-likeness (QED) is 0.347. The Kier molecular flexibility index (Phi) is 12.8. The van der Waals surface area contributed by atoms with E-state index in [0.717, 1.165) is 24.8 Å². The smallest absolute Gasteiger partial charge is 0.545 e. The van der Waals surface area contributed by atoms with E-state index in [-0.39, 0.29) is 36.2 Å². The number of benzene rings is 1. The molecule has 4 nitrogen and oxygen atoms in total. The van der Waals surface area contributed by atoms with E-state index in [1.165, 1.54) is 11.1 Å². The monoisotopic (exact) mass is 434 g/mol. The van der Waals surface area contributed by atoms with E-state index < -0.39 is 40.5 Å². The predicted octanol–water partition coefficient (Wildman–Crippen LogP) is 1.97. The summed E-state index contributed by atoms with van der Waals surface area (Å²) in [6, 6.07) is 0. The number of carboxylic acid groups (broad SMARTS) is 1. The molecule has 0 atom stereocenters. The van der Waals surface area contributed by atoms with Gasteiger partial charge in [0.2, 0.25) is 11.6 Å². The van der Waals surface area contributed by atoms with Crippen LogP contribution in [0.5, 0.6) is 11.5 Å². The maximum Gasteiger partial charge on any atom is 1.00 e. The second-order valence-electron chi connectivity index (χ2n) is 7.05. The van der Waals surface area contributed by atoms with E-state index in [1.807, 2.05) is 6.92 Å². The summed E-state index contributed by atoms with van der Waals surface area (Å²) in [6.07, 6.45) is 9.35. The van der Waals surface area contributed by atoms with Crippen molar-refractivity contribution in [2.24, 2.45) is 0 Å². The van der Waals surface area contributed by atoms with Crippen LogP contribution in [0.25, 0.3) is 0 Å². The fourth-order valence-electron chi connectivity index (χ4n) is 2.55. The van der Waals surface area contributed by atoms with E-state index in [9.17, 15) is 28.2 Å². The molecule has 0 unspecified atom stereocenters. The van der Waals surface area contributed by atoms with Crippen molar-refractivity contribution in [2.45, 2.75) is 53.4 Å². The van der Waals surface area contributed by atoms with E-state index >= 15 is 0 Å². The van der Waals surface area contributed by atoms with Crippen LogP contribution in [0, 0.1) is 17.5 Å². The average Bonchev–Trinajstić information content (AvgIpc) is 2.62. The Labute approximate surface area is 197 Å². The van der Waals surface area contributed by atoms with Crippen molar-refractivity contribution in [2.75, 3.05) is 6.61 Å². The number of carbonyl (C=O) groups excluding carboxylic acids is 1. The van der Waals surface area contributed by atoms with Crippen LogP contribution in [0.2, 0.25) is 0 Å². The summed E-state index contributed by atoms with van der Waals surface area (Å²) < 4.78 is 46.3. The summed E-state index contributed by atoms with van der Waals surface area (Å²) in [7, 11) is 0. The number of aromatic carboxylic acids is 1. The van der Waals surface area contributed by atoms with Crippen LogP contribution in [-0.2, 0) is 0 Å².